The van der Waals surface area contributed by atoms with Gasteiger partial charge in [0.05, 0.1) is 6.07 Å². The van der Waals surface area contributed by atoms with Crippen molar-refractivity contribution >= 4 is 27.5 Å². The highest BCUT2D eigenvalue weighted by molar-refractivity contribution is 9.09. The maximum absolute atomic E-state index is 8.54. The minimum atomic E-state index is -0.129. The average Bonchev–Trinajstić information content (AvgIpc) is 2.04. The van der Waals surface area contributed by atoms with Gasteiger partial charge in [-0.3, -0.25) is 0 Å². The number of rotatable bonds is 2. The van der Waals surface area contributed by atoms with E-state index in [9.17, 15) is 0 Å². The van der Waals surface area contributed by atoms with Gasteiger partial charge in [-0.05, 0) is 24.1 Å². The molecule has 1 aromatic carbocycles. The minimum absolute atomic E-state index is 0.129. The van der Waals surface area contributed by atoms with Gasteiger partial charge < -0.3 is 0 Å². The van der Waals surface area contributed by atoms with Crippen LogP contribution < -0.4 is 0 Å². The summed E-state index contributed by atoms with van der Waals surface area (Å²) in [7, 11) is 0. The Morgan fingerprint density at radius 2 is 2.33 bits per heavy atom. The van der Waals surface area contributed by atoms with E-state index in [2.05, 4.69) is 22.0 Å². The number of nitrogens with zero attached hydrogens (tertiary/aromatic N) is 1. The Kier molecular flexibility index (Phi) is 3.58. The van der Waals surface area contributed by atoms with Gasteiger partial charge in [-0.1, -0.05) is 39.7 Å². The molecule has 0 N–H and O–H groups in total. The summed E-state index contributed by atoms with van der Waals surface area (Å²) in [4.78, 5) is -0.129. The molecule has 0 radical (unpaired) electrons. The molecule has 12 heavy (non-hydrogen) atoms. The molecule has 1 aromatic rings. The van der Waals surface area contributed by atoms with Crippen LogP contribution in [-0.2, 0) is 6.42 Å². The summed E-state index contributed by atoms with van der Waals surface area (Å²) in [6.07, 6.45) is 0.692. The molecule has 0 aromatic heterocycles. The lowest BCUT2D eigenvalue weighted by Crippen LogP contribution is -1.98. The van der Waals surface area contributed by atoms with E-state index in [4.69, 9.17) is 16.9 Å². The van der Waals surface area contributed by atoms with Crippen LogP contribution in [0.15, 0.2) is 24.3 Å². The van der Waals surface area contributed by atoms with Crippen molar-refractivity contribution in [2.45, 2.75) is 11.2 Å². The fourth-order valence-corrected chi connectivity index (χ4v) is 1.50. The number of alkyl halides is 1. The molecule has 1 rings (SSSR count). The molecule has 0 fully saturated rings. The Labute approximate surface area is 85.1 Å². The van der Waals surface area contributed by atoms with E-state index in [0.717, 1.165) is 5.56 Å². The molecule has 0 heterocycles. The van der Waals surface area contributed by atoms with Crippen LogP contribution in [0.2, 0.25) is 5.02 Å². The quantitative estimate of drug-likeness (QED) is 0.733. The lowest BCUT2D eigenvalue weighted by molar-refractivity contribution is 1.04. The third-order valence-corrected chi connectivity index (χ3v) is 2.21. The first kappa shape index (κ1) is 9.57. The maximum Gasteiger partial charge on any atom is 0.105 e. The summed E-state index contributed by atoms with van der Waals surface area (Å²) in [5.74, 6) is 0. The molecule has 0 spiro atoms. The molecule has 0 saturated carbocycles. The largest absolute Gasteiger partial charge is 0.197 e. The van der Waals surface area contributed by atoms with Crippen molar-refractivity contribution in [3.63, 3.8) is 0 Å². The first-order chi connectivity index (χ1) is 5.72. The molecule has 3 heteroatoms. The fraction of sp³-hybridized carbons (Fsp3) is 0.222. The normalized spacial score (nSPS) is 12.1. The van der Waals surface area contributed by atoms with Crippen molar-refractivity contribution in [2.75, 3.05) is 0 Å². The van der Waals surface area contributed by atoms with Gasteiger partial charge in [0.25, 0.3) is 0 Å². The van der Waals surface area contributed by atoms with Crippen LogP contribution in [0.3, 0.4) is 0 Å². The SMILES string of the molecule is N#CC(Br)Cc1cccc(Cl)c1. The van der Waals surface area contributed by atoms with Crippen molar-refractivity contribution in [3.05, 3.63) is 34.9 Å². The predicted molar refractivity (Wildman–Crippen MR) is 53.5 cm³/mol. The molecule has 0 saturated heterocycles. The highest BCUT2D eigenvalue weighted by atomic mass is 79.9. The molecule has 0 aliphatic heterocycles. The molecule has 0 bridgehead atoms. The number of benzene rings is 1. The van der Waals surface area contributed by atoms with E-state index in [0.29, 0.717) is 11.4 Å². The average molecular weight is 245 g/mol. The second-order valence-corrected chi connectivity index (χ2v) is 3.97. The fourth-order valence-electron chi connectivity index (χ4n) is 0.917. The van der Waals surface area contributed by atoms with E-state index >= 15 is 0 Å². The topological polar surface area (TPSA) is 23.8 Å². The summed E-state index contributed by atoms with van der Waals surface area (Å²) < 4.78 is 0. The van der Waals surface area contributed by atoms with Gasteiger partial charge in [0.15, 0.2) is 0 Å². The van der Waals surface area contributed by atoms with Crippen molar-refractivity contribution in [3.8, 4) is 6.07 Å². The molecule has 0 aliphatic rings. The van der Waals surface area contributed by atoms with E-state index in [-0.39, 0.29) is 4.83 Å². The molecule has 1 unspecified atom stereocenters. The number of hydrogen-bond acceptors (Lipinski definition) is 1. The van der Waals surface area contributed by atoms with E-state index in [1.165, 1.54) is 0 Å². The zero-order chi connectivity index (χ0) is 8.97. The van der Waals surface area contributed by atoms with Crippen molar-refractivity contribution in [1.29, 1.82) is 5.26 Å². The monoisotopic (exact) mass is 243 g/mol. The van der Waals surface area contributed by atoms with Gasteiger partial charge in [-0.25, -0.2) is 0 Å². The molecular weight excluding hydrogens is 237 g/mol. The standard InChI is InChI=1S/C9H7BrClN/c10-8(6-12)4-7-2-1-3-9(11)5-7/h1-3,5,8H,4H2. The Bertz CT molecular complexity index is 306. The maximum atomic E-state index is 8.54. The van der Waals surface area contributed by atoms with Gasteiger partial charge in [-0.2, -0.15) is 5.26 Å². The van der Waals surface area contributed by atoms with Crippen LogP contribution in [0.4, 0.5) is 0 Å². The van der Waals surface area contributed by atoms with Crippen LogP contribution >= 0.6 is 27.5 Å². The molecule has 0 aliphatic carbocycles. The summed E-state index contributed by atoms with van der Waals surface area (Å²) in [5.41, 5.74) is 1.07. The van der Waals surface area contributed by atoms with Crippen LogP contribution in [0.25, 0.3) is 0 Å². The molecule has 62 valence electrons. The van der Waals surface area contributed by atoms with Gasteiger partial charge in [0.1, 0.15) is 4.83 Å². The highest BCUT2D eigenvalue weighted by Crippen LogP contribution is 2.14. The Morgan fingerprint density at radius 1 is 1.58 bits per heavy atom. The smallest absolute Gasteiger partial charge is 0.105 e. The Hall–Kier alpha value is -0.520. The summed E-state index contributed by atoms with van der Waals surface area (Å²) in [6, 6.07) is 9.63. The third kappa shape index (κ3) is 2.84. The van der Waals surface area contributed by atoms with Crippen LogP contribution in [0.5, 0.6) is 0 Å². The van der Waals surface area contributed by atoms with Crippen molar-refractivity contribution < 1.29 is 0 Å². The molecule has 0 amide bonds. The molecule has 1 nitrogen and oxygen atoms in total. The van der Waals surface area contributed by atoms with Gasteiger partial charge in [0.2, 0.25) is 0 Å². The number of hydrogen-bond donors (Lipinski definition) is 0. The third-order valence-electron chi connectivity index (χ3n) is 1.44. The number of halogens is 2. The summed E-state index contributed by atoms with van der Waals surface area (Å²) >= 11 is 9.01. The van der Waals surface area contributed by atoms with E-state index in [1.54, 1.807) is 0 Å². The summed E-state index contributed by atoms with van der Waals surface area (Å²) in [5, 5.41) is 9.25. The van der Waals surface area contributed by atoms with E-state index in [1.807, 2.05) is 24.3 Å². The van der Waals surface area contributed by atoms with Crippen LogP contribution in [0.1, 0.15) is 5.56 Å². The predicted octanol–water partition coefficient (Wildman–Crippen LogP) is 3.17. The Balaban J connectivity index is 2.71. The van der Waals surface area contributed by atoms with Gasteiger partial charge in [-0.15, -0.1) is 0 Å². The lowest BCUT2D eigenvalue weighted by atomic mass is 10.1. The minimum Gasteiger partial charge on any atom is -0.197 e. The molecular formula is C9H7BrClN. The summed E-state index contributed by atoms with van der Waals surface area (Å²) in [6.45, 7) is 0. The second kappa shape index (κ2) is 4.49. The van der Waals surface area contributed by atoms with Gasteiger partial charge >= 0.3 is 0 Å². The Morgan fingerprint density at radius 3 is 2.92 bits per heavy atom. The number of nitriles is 1. The van der Waals surface area contributed by atoms with Gasteiger partial charge in [0, 0.05) is 5.02 Å². The zero-order valence-corrected chi connectivity index (χ0v) is 8.64. The van der Waals surface area contributed by atoms with E-state index < -0.39 is 0 Å². The van der Waals surface area contributed by atoms with Crippen molar-refractivity contribution in [1.82, 2.24) is 0 Å². The first-order valence-corrected chi connectivity index (χ1v) is 4.80. The highest BCUT2D eigenvalue weighted by Gasteiger charge is 2.02. The van der Waals surface area contributed by atoms with Crippen LogP contribution in [-0.4, -0.2) is 4.83 Å². The lowest BCUT2D eigenvalue weighted by Gasteiger charge is -2.00. The first-order valence-electron chi connectivity index (χ1n) is 3.50. The van der Waals surface area contributed by atoms with Crippen molar-refractivity contribution in [2.24, 2.45) is 0 Å². The molecule has 1 atom stereocenters. The second-order valence-electron chi connectivity index (χ2n) is 2.43. The zero-order valence-electron chi connectivity index (χ0n) is 6.30. The van der Waals surface area contributed by atoms with Crippen LogP contribution in [0, 0.1) is 11.3 Å².